The van der Waals surface area contributed by atoms with E-state index in [2.05, 4.69) is 181 Å². The van der Waals surface area contributed by atoms with Crippen molar-refractivity contribution in [2.45, 2.75) is 15.2 Å². The zero-order valence-electron chi connectivity index (χ0n) is 29.2. The molecule has 1 aromatic heterocycles. The molecule has 2 heterocycles. The first-order valence-electron chi connectivity index (χ1n) is 18.5. The number of anilines is 3. The zero-order chi connectivity index (χ0) is 35.4. The molecule has 54 heavy (non-hydrogen) atoms. The molecule has 0 saturated carbocycles. The molecule has 2 nitrogen and oxygen atoms in total. The molecule has 1 aliphatic carbocycles. The lowest BCUT2D eigenvalue weighted by atomic mass is 9.59. The highest BCUT2D eigenvalue weighted by Crippen LogP contribution is 2.61. The van der Waals surface area contributed by atoms with E-state index in [9.17, 15) is 0 Å². The standard InChI is InChI=1S/C51H31NOS/c1-2-12-34-29-35(24-23-32(34)11-1)52(36-25-27-40-39-16-4-7-21-46(39)53-47(40)30-36)37-26-28-44-49(31-37)54-48-22-8-6-19-43(48)51(44)42-18-5-3-15-38(42)41-17-9-13-33-14-10-20-45(51)50(33)41/h1-31H. The number of para-hydroxylation sites is 1. The van der Waals surface area contributed by atoms with Crippen LogP contribution in [0.5, 0.6) is 0 Å². The molecule has 1 atom stereocenters. The van der Waals surface area contributed by atoms with Gasteiger partial charge < -0.3 is 9.32 Å². The molecule has 12 rings (SSSR count). The molecule has 9 aromatic carbocycles. The summed E-state index contributed by atoms with van der Waals surface area (Å²) in [5, 5.41) is 7.30. The summed E-state index contributed by atoms with van der Waals surface area (Å²) >= 11 is 1.88. The predicted octanol–water partition coefficient (Wildman–Crippen LogP) is 14.2. The minimum absolute atomic E-state index is 0.485. The van der Waals surface area contributed by atoms with E-state index in [0.29, 0.717) is 0 Å². The second-order valence-corrected chi connectivity index (χ2v) is 15.5. The molecule has 0 amide bonds. The quantitative estimate of drug-likeness (QED) is 0.182. The van der Waals surface area contributed by atoms with E-state index >= 15 is 0 Å². The van der Waals surface area contributed by atoms with Crippen molar-refractivity contribution in [2.75, 3.05) is 4.90 Å². The Hall–Kier alpha value is -6.55. The second-order valence-electron chi connectivity index (χ2n) is 14.4. The number of rotatable bonds is 3. The van der Waals surface area contributed by atoms with Crippen LogP contribution in [-0.4, -0.2) is 0 Å². The predicted molar refractivity (Wildman–Crippen MR) is 225 cm³/mol. The molecule has 0 N–H and O–H groups in total. The summed E-state index contributed by atoms with van der Waals surface area (Å²) in [5.74, 6) is 0. The molecule has 1 unspecified atom stereocenters. The van der Waals surface area contributed by atoms with Crippen LogP contribution in [-0.2, 0) is 5.41 Å². The van der Waals surface area contributed by atoms with Gasteiger partial charge in [-0.2, -0.15) is 0 Å². The molecular formula is C51H31NOS. The molecule has 0 fully saturated rings. The molecule has 3 heteroatoms. The topological polar surface area (TPSA) is 16.4 Å². The van der Waals surface area contributed by atoms with Gasteiger partial charge in [0.05, 0.1) is 5.41 Å². The van der Waals surface area contributed by atoms with E-state index in [0.717, 1.165) is 39.0 Å². The SMILES string of the molecule is c1ccc2c(c1)Sc1cc(N(c3ccc4ccccc4c3)c3ccc4c(c3)oc3ccccc34)ccc1C21c2ccccc2-c2cccc3cccc1c23. The van der Waals surface area contributed by atoms with Gasteiger partial charge in [-0.3, -0.25) is 0 Å². The highest BCUT2D eigenvalue weighted by molar-refractivity contribution is 7.99. The van der Waals surface area contributed by atoms with Gasteiger partial charge in [0.1, 0.15) is 11.2 Å². The number of benzene rings is 9. The lowest BCUT2D eigenvalue weighted by Crippen LogP contribution is -2.36. The van der Waals surface area contributed by atoms with Gasteiger partial charge in [0.15, 0.2) is 0 Å². The van der Waals surface area contributed by atoms with Crippen molar-refractivity contribution in [1.82, 2.24) is 0 Å². The van der Waals surface area contributed by atoms with E-state index in [4.69, 9.17) is 4.42 Å². The van der Waals surface area contributed by atoms with Crippen molar-refractivity contribution < 1.29 is 4.42 Å². The van der Waals surface area contributed by atoms with E-state index in [1.54, 1.807) is 0 Å². The van der Waals surface area contributed by atoms with Crippen LogP contribution in [0.1, 0.15) is 22.3 Å². The summed E-state index contributed by atoms with van der Waals surface area (Å²) < 4.78 is 6.45. The van der Waals surface area contributed by atoms with E-state index in [1.807, 2.05) is 23.9 Å². The Kier molecular flexibility index (Phi) is 6.23. The molecule has 10 aromatic rings. The van der Waals surface area contributed by atoms with Crippen LogP contribution in [0.2, 0.25) is 0 Å². The number of nitrogens with zero attached hydrogens (tertiary/aromatic N) is 1. The Morgan fingerprint density at radius 3 is 1.96 bits per heavy atom. The second kappa shape index (κ2) is 11.2. The fourth-order valence-electron chi connectivity index (χ4n) is 9.44. The summed E-state index contributed by atoms with van der Waals surface area (Å²) in [6, 6.07) is 69.2. The van der Waals surface area contributed by atoms with Crippen molar-refractivity contribution in [3.63, 3.8) is 0 Å². The molecular weight excluding hydrogens is 675 g/mol. The number of fused-ring (bicyclic) bond motifs is 12. The fraction of sp³-hybridized carbons (Fsp3) is 0.0196. The Bertz CT molecular complexity index is 3170. The molecule has 0 saturated heterocycles. The smallest absolute Gasteiger partial charge is 0.137 e. The van der Waals surface area contributed by atoms with Gasteiger partial charge >= 0.3 is 0 Å². The summed E-state index contributed by atoms with van der Waals surface area (Å²) in [7, 11) is 0. The minimum atomic E-state index is -0.485. The van der Waals surface area contributed by atoms with E-state index in [-0.39, 0.29) is 0 Å². The van der Waals surface area contributed by atoms with Crippen LogP contribution in [0.4, 0.5) is 17.1 Å². The van der Waals surface area contributed by atoms with Crippen molar-refractivity contribution in [3.8, 4) is 11.1 Å². The monoisotopic (exact) mass is 705 g/mol. The summed E-state index contributed by atoms with van der Waals surface area (Å²) in [6.07, 6.45) is 0. The number of furan rings is 1. The Balaban J connectivity index is 1.13. The van der Waals surface area contributed by atoms with E-state index in [1.165, 1.54) is 64.7 Å². The average Bonchev–Trinajstić information content (AvgIpc) is 3.60. The van der Waals surface area contributed by atoms with Crippen LogP contribution in [0.3, 0.4) is 0 Å². The number of hydrogen-bond donors (Lipinski definition) is 0. The summed E-state index contributed by atoms with van der Waals surface area (Å²) in [4.78, 5) is 4.93. The van der Waals surface area contributed by atoms with Crippen molar-refractivity contribution in [3.05, 3.63) is 210 Å². The Labute approximate surface area is 316 Å². The molecule has 252 valence electrons. The third-order valence-electron chi connectivity index (χ3n) is 11.7. The molecule has 0 bridgehead atoms. The first-order valence-corrected chi connectivity index (χ1v) is 19.3. The van der Waals surface area contributed by atoms with Gasteiger partial charge in [-0.15, -0.1) is 0 Å². The molecule has 2 aliphatic rings. The minimum Gasteiger partial charge on any atom is -0.456 e. The van der Waals surface area contributed by atoms with Gasteiger partial charge in [0.2, 0.25) is 0 Å². The van der Waals surface area contributed by atoms with Crippen molar-refractivity contribution in [1.29, 1.82) is 0 Å². The maximum absolute atomic E-state index is 6.45. The van der Waals surface area contributed by atoms with Crippen LogP contribution >= 0.6 is 11.8 Å². The van der Waals surface area contributed by atoms with Gasteiger partial charge in [-0.05, 0) is 103 Å². The molecule has 1 spiro atoms. The van der Waals surface area contributed by atoms with E-state index < -0.39 is 5.41 Å². The normalized spacial score (nSPS) is 15.4. The van der Waals surface area contributed by atoms with Gasteiger partial charge in [0, 0.05) is 43.7 Å². The maximum atomic E-state index is 6.45. The average molecular weight is 706 g/mol. The first-order chi connectivity index (χ1) is 26.8. The lowest BCUT2D eigenvalue weighted by Gasteiger charge is -2.46. The zero-order valence-corrected chi connectivity index (χ0v) is 30.0. The maximum Gasteiger partial charge on any atom is 0.137 e. The first kappa shape index (κ1) is 30.0. The Morgan fingerprint density at radius 1 is 0.389 bits per heavy atom. The highest BCUT2D eigenvalue weighted by atomic mass is 32.2. The molecule has 1 aliphatic heterocycles. The van der Waals surface area contributed by atoms with Crippen molar-refractivity contribution in [2.24, 2.45) is 0 Å². The third-order valence-corrected chi connectivity index (χ3v) is 12.8. The Morgan fingerprint density at radius 2 is 1.02 bits per heavy atom. The van der Waals surface area contributed by atoms with Crippen LogP contribution in [0.25, 0.3) is 54.6 Å². The number of hydrogen-bond acceptors (Lipinski definition) is 3. The van der Waals surface area contributed by atoms with Crippen LogP contribution in [0.15, 0.2) is 202 Å². The van der Waals surface area contributed by atoms with Crippen molar-refractivity contribution >= 4 is 72.3 Å². The highest BCUT2D eigenvalue weighted by Gasteiger charge is 2.48. The third kappa shape index (κ3) is 4.07. The fourth-order valence-corrected chi connectivity index (χ4v) is 10.7. The van der Waals surface area contributed by atoms with Crippen LogP contribution < -0.4 is 4.90 Å². The van der Waals surface area contributed by atoms with Gasteiger partial charge in [0.25, 0.3) is 0 Å². The van der Waals surface area contributed by atoms with Gasteiger partial charge in [-0.25, -0.2) is 0 Å². The van der Waals surface area contributed by atoms with Crippen LogP contribution in [0, 0.1) is 0 Å². The molecule has 0 radical (unpaired) electrons. The van der Waals surface area contributed by atoms with Gasteiger partial charge in [-0.1, -0.05) is 145 Å². The lowest BCUT2D eigenvalue weighted by molar-refractivity contribution is 0.669. The summed E-state index contributed by atoms with van der Waals surface area (Å²) in [5.41, 5.74) is 12.5. The summed E-state index contributed by atoms with van der Waals surface area (Å²) in [6.45, 7) is 0. The largest absolute Gasteiger partial charge is 0.456 e.